The van der Waals surface area contributed by atoms with Gasteiger partial charge in [-0.1, -0.05) is 12.1 Å². The lowest BCUT2D eigenvalue weighted by atomic mass is 10.3. The lowest BCUT2D eigenvalue weighted by Crippen LogP contribution is -2.07. The maximum absolute atomic E-state index is 11.4. The van der Waals surface area contributed by atoms with Crippen LogP contribution in [0.15, 0.2) is 29.2 Å². The van der Waals surface area contributed by atoms with E-state index in [9.17, 15) is 18.1 Å². The maximum atomic E-state index is 11.4. The van der Waals surface area contributed by atoms with E-state index in [1.165, 1.54) is 12.1 Å². The molecule has 84 valence electrons. The molecule has 0 bridgehead atoms. The molecule has 6 nitrogen and oxygen atoms in total. The molecule has 0 saturated heterocycles. The van der Waals surface area contributed by atoms with Crippen LogP contribution < -0.4 is 0 Å². The maximum Gasteiger partial charge on any atom is 0.340 e. The number of benzene rings is 1. The smallest absolute Gasteiger partial charge is 0.340 e. The summed E-state index contributed by atoms with van der Waals surface area (Å²) in [5, 5.41) is 9.21. The summed E-state index contributed by atoms with van der Waals surface area (Å²) in [5.74, 6) is -0.522. The monoisotopic (exact) mass is 252 g/mol. The Kier molecular flexibility index (Phi) is 3.20. The van der Waals surface area contributed by atoms with Crippen molar-refractivity contribution in [3.63, 3.8) is 0 Å². The lowest BCUT2D eigenvalue weighted by molar-refractivity contribution is 0.378. The number of phenolic OH excluding ortho intramolecular Hbond substituents is 1. The van der Waals surface area contributed by atoms with E-state index in [1.54, 1.807) is 0 Å². The SMILES string of the molecule is O=P(O)(O)CS(=O)(=O)c1ccccc1O. The highest BCUT2D eigenvalue weighted by Crippen LogP contribution is 2.39. The summed E-state index contributed by atoms with van der Waals surface area (Å²) in [6, 6.07) is 4.98. The summed E-state index contributed by atoms with van der Waals surface area (Å²) >= 11 is 0. The first-order valence-corrected chi connectivity index (χ1v) is 7.23. The zero-order valence-electron chi connectivity index (χ0n) is 7.44. The summed E-state index contributed by atoms with van der Waals surface area (Å²) < 4.78 is 33.4. The average Bonchev–Trinajstić information content (AvgIpc) is 1.99. The van der Waals surface area contributed by atoms with E-state index < -0.39 is 33.6 Å². The minimum atomic E-state index is -4.67. The van der Waals surface area contributed by atoms with Gasteiger partial charge >= 0.3 is 7.60 Å². The van der Waals surface area contributed by atoms with E-state index in [0.717, 1.165) is 12.1 Å². The molecule has 1 aromatic rings. The fourth-order valence-corrected chi connectivity index (χ4v) is 4.01. The minimum Gasteiger partial charge on any atom is -0.507 e. The van der Waals surface area contributed by atoms with Gasteiger partial charge in [-0.15, -0.1) is 0 Å². The van der Waals surface area contributed by atoms with Gasteiger partial charge in [-0.05, 0) is 12.1 Å². The molecule has 1 rings (SSSR count). The molecule has 0 spiro atoms. The van der Waals surface area contributed by atoms with Crippen molar-refractivity contribution in [1.29, 1.82) is 0 Å². The molecule has 0 heterocycles. The van der Waals surface area contributed by atoms with Gasteiger partial charge in [0.05, 0.1) is 0 Å². The van der Waals surface area contributed by atoms with E-state index >= 15 is 0 Å². The van der Waals surface area contributed by atoms with Gasteiger partial charge in [0.1, 0.15) is 10.6 Å². The van der Waals surface area contributed by atoms with Gasteiger partial charge in [-0.2, -0.15) is 0 Å². The van der Waals surface area contributed by atoms with Gasteiger partial charge in [0.15, 0.2) is 15.3 Å². The standard InChI is InChI=1S/C7H9O6PS/c8-6-3-1-2-4-7(6)15(12,13)5-14(9,10)11/h1-4,8H,5H2,(H2,9,10,11). The molecule has 0 aliphatic rings. The Labute approximate surface area is 86.3 Å². The quantitative estimate of drug-likeness (QED) is 0.667. The predicted octanol–water partition coefficient (Wildman–Crippen LogP) is 0.301. The summed E-state index contributed by atoms with van der Waals surface area (Å²) in [4.78, 5) is 16.6. The van der Waals surface area contributed by atoms with Gasteiger partial charge in [-0.3, -0.25) is 4.57 Å². The molecule has 0 saturated carbocycles. The van der Waals surface area contributed by atoms with Crippen molar-refractivity contribution in [1.82, 2.24) is 0 Å². The van der Waals surface area contributed by atoms with E-state index in [4.69, 9.17) is 9.79 Å². The molecule has 0 aliphatic carbocycles. The van der Waals surface area contributed by atoms with Crippen LogP contribution in [0.1, 0.15) is 0 Å². The number of hydrogen-bond acceptors (Lipinski definition) is 4. The van der Waals surface area contributed by atoms with Crippen molar-refractivity contribution >= 4 is 17.4 Å². The number of para-hydroxylation sites is 1. The molecule has 0 unspecified atom stereocenters. The predicted molar refractivity (Wildman–Crippen MR) is 52.2 cm³/mol. The molecule has 8 heteroatoms. The first kappa shape index (κ1) is 12.2. The third-order valence-corrected chi connectivity index (χ3v) is 5.26. The Morgan fingerprint density at radius 1 is 1.20 bits per heavy atom. The number of aromatic hydroxyl groups is 1. The highest BCUT2D eigenvalue weighted by molar-refractivity contribution is 7.97. The Morgan fingerprint density at radius 2 is 1.73 bits per heavy atom. The Balaban J connectivity index is 3.19. The topological polar surface area (TPSA) is 112 Å². The van der Waals surface area contributed by atoms with E-state index in [2.05, 4.69) is 0 Å². The molecule has 3 N–H and O–H groups in total. The van der Waals surface area contributed by atoms with Crippen LogP contribution in [-0.2, 0) is 14.4 Å². The molecule has 0 amide bonds. The summed E-state index contributed by atoms with van der Waals surface area (Å²) in [7, 11) is -8.83. The van der Waals surface area contributed by atoms with Gasteiger partial charge in [-0.25, -0.2) is 8.42 Å². The van der Waals surface area contributed by atoms with Gasteiger partial charge in [0.25, 0.3) is 0 Å². The molecule has 1 aromatic carbocycles. The fourth-order valence-electron chi connectivity index (χ4n) is 1.01. The number of hydrogen-bond donors (Lipinski definition) is 3. The van der Waals surface area contributed by atoms with Crippen LogP contribution in [-0.4, -0.2) is 28.8 Å². The van der Waals surface area contributed by atoms with Crippen LogP contribution in [0.3, 0.4) is 0 Å². The third-order valence-electron chi connectivity index (χ3n) is 1.54. The van der Waals surface area contributed by atoms with Gasteiger partial charge in [0.2, 0.25) is 0 Å². The molecular weight excluding hydrogens is 243 g/mol. The molecule has 0 aliphatic heterocycles. The van der Waals surface area contributed by atoms with Crippen LogP contribution in [0.4, 0.5) is 0 Å². The van der Waals surface area contributed by atoms with Crippen LogP contribution in [0.5, 0.6) is 5.75 Å². The summed E-state index contributed by atoms with van der Waals surface area (Å²) in [6.45, 7) is 0. The summed E-state index contributed by atoms with van der Waals surface area (Å²) in [5.41, 5.74) is -1.31. The van der Waals surface area contributed by atoms with Gasteiger partial charge < -0.3 is 14.9 Å². The lowest BCUT2D eigenvalue weighted by Gasteiger charge is -2.07. The first-order valence-electron chi connectivity index (χ1n) is 3.78. The third kappa shape index (κ3) is 3.32. The van der Waals surface area contributed by atoms with Crippen molar-refractivity contribution < 1.29 is 27.9 Å². The van der Waals surface area contributed by atoms with Crippen molar-refractivity contribution in [2.75, 3.05) is 5.49 Å². The second-order valence-corrected chi connectivity index (χ2v) is 6.91. The molecule has 0 aromatic heterocycles. The second kappa shape index (κ2) is 3.94. The van der Waals surface area contributed by atoms with Crippen LogP contribution in [0.2, 0.25) is 0 Å². The molecule has 0 atom stereocenters. The Bertz CT molecular complexity index is 502. The van der Waals surface area contributed by atoms with Crippen molar-refractivity contribution in [3.05, 3.63) is 24.3 Å². The van der Waals surface area contributed by atoms with E-state index in [0.29, 0.717) is 0 Å². The number of phenols is 1. The second-order valence-electron chi connectivity index (χ2n) is 2.88. The fraction of sp³-hybridized carbons (Fsp3) is 0.143. The zero-order chi connectivity index (χ0) is 11.7. The zero-order valence-corrected chi connectivity index (χ0v) is 9.15. The Morgan fingerprint density at radius 3 is 2.20 bits per heavy atom. The van der Waals surface area contributed by atoms with Crippen molar-refractivity contribution in [3.8, 4) is 5.75 Å². The Hall–Kier alpha value is -0.880. The first-order chi connectivity index (χ1) is 6.72. The van der Waals surface area contributed by atoms with Crippen LogP contribution in [0, 0.1) is 0 Å². The average molecular weight is 252 g/mol. The van der Waals surface area contributed by atoms with E-state index in [-0.39, 0.29) is 0 Å². The van der Waals surface area contributed by atoms with Crippen LogP contribution in [0.25, 0.3) is 0 Å². The minimum absolute atomic E-state index is 0.478. The molecular formula is C7H9O6PS. The van der Waals surface area contributed by atoms with Gasteiger partial charge in [0, 0.05) is 0 Å². The number of sulfone groups is 1. The molecule has 0 fully saturated rings. The van der Waals surface area contributed by atoms with Crippen molar-refractivity contribution in [2.24, 2.45) is 0 Å². The molecule has 15 heavy (non-hydrogen) atoms. The largest absolute Gasteiger partial charge is 0.507 e. The van der Waals surface area contributed by atoms with Crippen LogP contribution >= 0.6 is 7.60 Å². The number of rotatable bonds is 3. The normalized spacial score (nSPS) is 12.7. The van der Waals surface area contributed by atoms with Crippen molar-refractivity contribution in [2.45, 2.75) is 4.90 Å². The highest BCUT2D eigenvalue weighted by Gasteiger charge is 2.28. The molecule has 0 radical (unpaired) electrons. The van der Waals surface area contributed by atoms with E-state index in [1.807, 2.05) is 0 Å². The highest BCUT2D eigenvalue weighted by atomic mass is 32.2. The summed E-state index contributed by atoms with van der Waals surface area (Å²) in [6.07, 6.45) is 0.